The lowest BCUT2D eigenvalue weighted by atomic mass is 9.93. The zero-order valence-electron chi connectivity index (χ0n) is 11.8. The molecule has 1 saturated heterocycles. The molecule has 2 aliphatic rings. The first kappa shape index (κ1) is 14.6. The smallest absolute Gasteiger partial charge is 0.170 e. The maximum absolute atomic E-state index is 5.69. The Morgan fingerprint density at radius 2 is 1.89 bits per heavy atom. The van der Waals surface area contributed by atoms with Gasteiger partial charge in [-0.3, -0.25) is 4.90 Å². The summed E-state index contributed by atoms with van der Waals surface area (Å²) in [4.78, 5) is 2.62. The van der Waals surface area contributed by atoms with Crippen molar-refractivity contribution in [1.82, 2.24) is 4.90 Å². The Morgan fingerprint density at radius 3 is 2.61 bits per heavy atom. The molecule has 2 atom stereocenters. The summed E-state index contributed by atoms with van der Waals surface area (Å²) in [5, 5.41) is 0.858. The molecule has 1 aliphatic carbocycles. The van der Waals surface area contributed by atoms with E-state index < -0.39 is 0 Å². The molecule has 2 rings (SSSR count). The highest BCUT2D eigenvalue weighted by Crippen LogP contribution is 2.35. The first-order valence-electron chi connectivity index (χ1n) is 7.44. The number of fused-ring (bicyclic) bond motifs is 1. The maximum Gasteiger partial charge on any atom is 0.170 e. The topological polar surface area (TPSA) is 21.7 Å². The van der Waals surface area contributed by atoms with Gasteiger partial charge in [0.05, 0.1) is 0 Å². The van der Waals surface area contributed by atoms with E-state index in [1.807, 2.05) is 13.8 Å². The summed E-state index contributed by atoms with van der Waals surface area (Å²) in [5.74, 6) is 1.27. The standard InChI is InChI=1S/C14H27NO2S/c1-3-16-14(17-4-2)11-15-9-10-18-13-8-6-5-7-12(13)15/h12-14H,3-11H2,1-2H3. The Morgan fingerprint density at radius 1 is 1.17 bits per heavy atom. The van der Waals surface area contributed by atoms with Gasteiger partial charge in [0, 0.05) is 43.3 Å². The summed E-state index contributed by atoms with van der Waals surface area (Å²) in [6.45, 7) is 7.71. The molecule has 0 bridgehead atoms. The van der Waals surface area contributed by atoms with Crippen molar-refractivity contribution in [3.05, 3.63) is 0 Å². The van der Waals surface area contributed by atoms with Crippen molar-refractivity contribution in [2.24, 2.45) is 0 Å². The average Bonchev–Trinajstić information content (AvgIpc) is 2.40. The van der Waals surface area contributed by atoms with E-state index in [-0.39, 0.29) is 6.29 Å². The molecule has 18 heavy (non-hydrogen) atoms. The lowest BCUT2D eigenvalue weighted by Gasteiger charge is -2.44. The van der Waals surface area contributed by atoms with E-state index >= 15 is 0 Å². The molecule has 0 aromatic heterocycles. The molecule has 0 radical (unpaired) electrons. The van der Waals surface area contributed by atoms with E-state index in [0.717, 1.165) is 31.1 Å². The van der Waals surface area contributed by atoms with Crippen LogP contribution in [0.3, 0.4) is 0 Å². The summed E-state index contributed by atoms with van der Waals surface area (Å²) < 4.78 is 11.4. The minimum Gasteiger partial charge on any atom is -0.352 e. The van der Waals surface area contributed by atoms with Crippen molar-refractivity contribution in [1.29, 1.82) is 0 Å². The van der Waals surface area contributed by atoms with Crippen LogP contribution >= 0.6 is 11.8 Å². The van der Waals surface area contributed by atoms with Crippen molar-refractivity contribution in [3.8, 4) is 0 Å². The van der Waals surface area contributed by atoms with Crippen LogP contribution in [0.5, 0.6) is 0 Å². The molecule has 0 aromatic rings. The molecule has 1 heterocycles. The third-order valence-corrected chi connectivity index (χ3v) is 5.33. The van der Waals surface area contributed by atoms with Crippen molar-refractivity contribution < 1.29 is 9.47 Å². The monoisotopic (exact) mass is 273 g/mol. The summed E-state index contributed by atoms with van der Waals surface area (Å²) in [5.41, 5.74) is 0. The van der Waals surface area contributed by atoms with E-state index in [1.165, 1.54) is 38.0 Å². The van der Waals surface area contributed by atoms with Gasteiger partial charge in [-0.2, -0.15) is 11.8 Å². The van der Waals surface area contributed by atoms with Gasteiger partial charge in [0.2, 0.25) is 0 Å². The predicted octanol–water partition coefficient (Wildman–Crippen LogP) is 2.75. The van der Waals surface area contributed by atoms with Crippen molar-refractivity contribution in [3.63, 3.8) is 0 Å². The van der Waals surface area contributed by atoms with E-state index in [9.17, 15) is 0 Å². The predicted molar refractivity (Wildman–Crippen MR) is 77.1 cm³/mol. The molecular weight excluding hydrogens is 246 g/mol. The van der Waals surface area contributed by atoms with Gasteiger partial charge in [0.25, 0.3) is 0 Å². The van der Waals surface area contributed by atoms with Crippen molar-refractivity contribution >= 4 is 11.8 Å². The van der Waals surface area contributed by atoms with E-state index in [1.54, 1.807) is 0 Å². The molecule has 4 heteroatoms. The Hall–Kier alpha value is 0.230. The SMILES string of the molecule is CCOC(CN1CCSC2CCCCC21)OCC. The number of ether oxygens (including phenoxy) is 2. The normalized spacial score (nSPS) is 29.5. The van der Waals surface area contributed by atoms with Crippen LogP contribution in [0.4, 0.5) is 0 Å². The minimum absolute atomic E-state index is 0.0364. The van der Waals surface area contributed by atoms with Crippen LogP contribution in [0, 0.1) is 0 Å². The highest BCUT2D eigenvalue weighted by atomic mass is 32.2. The second-order valence-corrected chi connectivity index (χ2v) is 6.44. The van der Waals surface area contributed by atoms with Crippen LogP contribution in [-0.4, -0.2) is 54.5 Å². The second-order valence-electron chi connectivity index (χ2n) is 5.10. The van der Waals surface area contributed by atoms with Crippen LogP contribution in [0.1, 0.15) is 39.5 Å². The molecule has 106 valence electrons. The third-order valence-electron chi connectivity index (χ3n) is 3.94. The van der Waals surface area contributed by atoms with Gasteiger partial charge in [0.15, 0.2) is 6.29 Å². The zero-order chi connectivity index (χ0) is 12.8. The van der Waals surface area contributed by atoms with Gasteiger partial charge < -0.3 is 9.47 Å². The van der Waals surface area contributed by atoms with Crippen LogP contribution in [0.15, 0.2) is 0 Å². The molecule has 1 saturated carbocycles. The van der Waals surface area contributed by atoms with Gasteiger partial charge in [-0.05, 0) is 26.7 Å². The number of nitrogens with zero attached hydrogens (tertiary/aromatic N) is 1. The molecule has 0 aromatic carbocycles. The fourth-order valence-corrected chi connectivity index (χ4v) is 4.63. The van der Waals surface area contributed by atoms with Gasteiger partial charge in [-0.15, -0.1) is 0 Å². The van der Waals surface area contributed by atoms with Crippen LogP contribution < -0.4 is 0 Å². The second kappa shape index (κ2) is 7.73. The summed E-state index contributed by atoms with van der Waals surface area (Å²) >= 11 is 2.18. The Kier molecular flexibility index (Phi) is 6.29. The van der Waals surface area contributed by atoms with Gasteiger partial charge >= 0.3 is 0 Å². The molecule has 1 aliphatic heterocycles. The first-order chi connectivity index (χ1) is 8.85. The molecule has 2 unspecified atom stereocenters. The quantitative estimate of drug-likeness (QED) is 0.694. The van der Waals surface area contributed by atoms with Gasteiger partial charge in [-0.25, -0.2) is 0 Å². The van der Waals surface area contributed by atoms with Crippen LogP contribution in [0.25, 0.3) is 0 Å². The van der Waals surface area contributed by atoms with E-state index in [2.05, 4.69) is 16.7 Å². The third kappa shape index (κ3) is 3.86. The summed E-state index contributed by atoms with van der Waals surface area (Å²) in [6, 6.07) is 0.765. The molecule has 3 nitrogen and oxygen atoms in total. The number of rotatable bonds is 6. The van der Waals surface area contributed by atoms with Crippen LogP contribution in [-0.2, 0) is 9.47 Å². The minimum atomic E-state index is -0.0364. The fourth-order valence-electron chi connectivity index (χ4n) is 3.12. The summed E-state index contributed by atoms with van der Waals surface area (Å²) in [7, 11) is 0. The van der Waals surface area contributed by atoms with E-state index in [4.69, 9.17) is 9.47 Å². The molecule has 0 amide bonds. The van der Waals surface area contributed by atoms with Gasteiger partial charge in [0.1, 0.15) is 0 Å². The molecule has 0 spiro atoms. The number of hydrogen-bond donors (Lipinski definition) is 0. The van der Waals surface area contributed by atoms with Crippen molar-refractivity contribution in [2.75, 3.05) is 32.1 Å². The Labute approximate surface area is 116 Å². The Bertz CT molecular complexity index is 232. The molecule has 0 N–H and O–H groups in total. The summed E-state index contributed by atoms with van der Waals surface area (Å²) in [6.07, 6.45) is 5.54. The maximum atomic E-state index is 5.69. The molecular formula is C14H27NO2S. The molecule has 2 fully saturated rings. The Balaban J connectivity index is 1.88. The lowest BCUT2D eigenvalue weighted by Crippen LogP contribution is -2.52. The average molecular weight is 273 g/mol. The highest BCUT2D eigenvalue weighted by Gasteiger charge is 2.34. The van der Waals surface area contributed by atoms with Crippen LogP contribution in [0.2, 0.25) is 0 Å². The largest absolute Gasteiger partial charge is 0.352 e. The van der Waals surface area contributed by atoms with Crippen molar-refractivity contribution in [2.45, 2.75) is 57.1 Å². The lowest BCUT2D eigenvalue weighted by molar-refractivity contribution is -0.151. The number of hydrogen-bond acceptors (Lipinski definition) is 4. The van der Waals surface area contributed by atoms with E-state index in [0.29, 0.717) is 0 Å². The zero-order valence-corrected chi connectivity index (χ0v) is 12.6. The van der Waals surface area contributed by atoms with Gasteiger partial charge in [-0.1, -0.05) is 12.8 Å². The number of thioether (sulfide) groups is 1. The fraction of sp³-hybridized carbons (Fsp3) is 1.00. The highest BCUT2D eigenvalue weighted by molar-refractivity contribution is 8.00. The first-order valence-corrected chi connectivity index (χ1v) is 8.48.